The summed E-state index contributed by atoms with van der Waals surface area (Å²) in [6.07, 6.45) is -1.32. The van der Waals surface area contributed by atoms with E-state index in [9.17, 15) is 9.90 Å². The van der Waals surface area contributed by atoms with Crippen LogP contribution in [0.2, 0.25) is 0 Å². The molecule has 0 amide bonds. The number of halogens is 1. The van der Waals surface area contributed by atoms with Crippen LogP contribution in [0.3, 0.4) is 0 Å². The molecule has 0 bridgehead atoms. The molecule has 1 N–H and O–H groups in total. The zero-order valence-electron chi connectivity index (χ0n) is 9.10. The normalized spacial score (nSPS) is 14.5. The molecule has 1 heterocycles. The summed E-state index contributed by atoms with van der Waals surface area (Å²) >= 11 is 3.29. The van der Waals surface area contributed by atoms with Crippen LogP contribution in [-0.4, -0.2) is 24.5 Å². The quantitative estimate of drug-likeness (QED) is 0.862. The van der Waals surface area contributed by atoms with Crippen LogP contribution in [0.1, 0.15) is 18.6 Å². The Bertz CT molecular complexity index is 446. The molecule has 1 aromatic carbocycles. The third kappa shape index (κ3) is 2.37. The number of aliphatic hydroxyl groups is 1. The molecule has 0 fully saturated rings. The molecule has 1 atom stereocenters. The predicted octanol–water partition coefficient (Wildman–Crippen LogP) is 1.77. The van der Waals surface area contributed by atoms with E-state index in [2.05, 4.69) is 15.9 Å². The second-order valence-corrected chi connectivity index (χ2v) is 4.25. The van der Waals surface area contributed by atoms with E-state index in [1.54, 1.807) is 19.1 Å². The molecule has 6 heteroatoms. The van der Waals surface area contributed by atoms with Crippen molar-refractivity contribution in [2.45, 2.75) is 13.0 Å². The Morgan fingerprint density at radius 1 is 1.59 bits per heavy atom. The highest BCUT2D eigenvalue weighted by Gasteiger charge is 2.24. The van der Waals surface area contributed by atoms with Crippen LogP contribution in [0.15, 0.2) is 16.6 Å². The topological polar surface area (TPSA) is 65.0 Å². The lowest BCUT2D eigenvalue weighted by Gasteiger charge is -2.11. The summed E-state index contributed by atoms with van der Waals surface area (Å²) in [5.41, 5.74) is 0.402. The van der Waals surface area contributed by atoms with E-state index >= 15 is 0 Å². The molecule has 0 radical (unpaired) electrons. The average Bonchev–Trinajstić information content (AvgIpc) is 2.77. The summed E-state index contributed by atoms with van der Waals surface area (Å²) < 4.78 is 15.8. The number of esters is 1. The number of aliphatic hydroxyl groups excluding tert-OH is 1. The largest absolute Gasteiger partial charge is 0.464 e. The van der Waals surface area contributed by atoms with Gasteiger partial charge in [0.2, 0.25) is 6.79 Å². The SMILES string of the molecule is CCOC(=O)C(O)c1cc(Br)c2c(c1)OCO2. The number of carbonyl (C=O) groups is 1. The van der Waals surface area contributed by atoms with Crippen LogP contribution >= 0.6 is 15.9 Å². The Hall–Kier alpha value is -1.27. The van der Waals surface area contributed by atoms with Gasteiger partial charge in [-0.3, -0.25) is 0 Å². The van der Waals surface area contributed by atoms with Crippen molar-refractivity contribution in [3.63, 3.8) is 0 Å². The molecular weight excluding hydrogens is 292 g/mol. The van der Waals surface area contributed by atoms with Gasteiger partial charge in [0.25, 0.3) is 0 Å². The average molecular weight is 303 g/mol. The fraction of sp³-hybridized carbons (Fsp3) is 0.364. The van der Waals surface area contributed by atoms with Gasteiger partial charge < -0.3 is 19.3 Å². The third-order valence-electron chi connectivity index (χ3n) is 2.28. The number of fused-ring (bicyclic) bond motifs is 1. The minimum atomic E-state index is -1.32. The smallest absolute Gasteiger partial charge is 0.339 e. The van der Waals surface area contributed by atoms with Gasteiger partial charge in [-0.25, -0.2) is 4.79 Å². The van der Waals surface area contributed by atoms with Crippen molar-refractivity contribution < 1.29 is 24.1 Å². The second-order valence-electron chi connectivity index (χ2n) is 3.39. The number of hydrogen-bond acceptors (Lipinski definition) is 5. The van der Waals surface area contributed by atoms with Crippen molar-refractivity contribution in [3.05, 3.63) is 22.2 Å². The third-order valence-corrected chi connectivity index (χ3v) is 2.86. The van der Waals surface area contributed by atoms with Crippen LogP contribution in [0.25, 0.3) is 0 Å². The van der Waals surface area contributed by atoms with E-state index in [0.717, 1.165) is 0 Å². The van der Waals surface area contributed by atoms with Gasteiger partial charge in [-0.1, -0.05) is 0 Å². The van der Waals surface area contributed by atoms with Gasteiger partial charge in [-0.2, -0.15) is 0 Å². The maximum Gasteiger partial charge on any atom is 0.339 e. The first-order valence-corrected chi connectivity index (χ1v) is 5.86. The van der Waals surface area contributed by atoms with E-state index in [-0.39, 0.29) is 13.4 Å². The molecule has 17 heavy (non-hydrogen) atoms. The fourth-order valence-corrected chi connectivity index (χ4v) is 2.08. The molecule has 2 rings (SSSR count). The Balaban J connectivity index is 2.28. The van der Waals surface area contributed by atoms with Gasteiger partial charge in [0, 0.05) is 0 Å². The lowest BCUT2D eigenvalue weighted by molar-refractivity contribution is -0.153. The molecule has 0 spiro atoms. The predicted molar refractivity (Wildman–Crippen MR) is 61.9 cm³/mol. The van der Waals surface area contributed by atoms with Gasteiger partial charge in [-0.15, -0.1) is 0 Å². The van der Waals surface area contributed by atoms with E-state index in [0.29, 0.717) is 21.5 Å². The summed E-state index contributed by atoms with van der Waals surface area (Å²) in [7, 11) is 0. The molecule has 1 unspecified atom stereocenters. The van der Waals surface area contributed by atoms with Crippen molar-refractivity contribution in [3.8, 4) is 11.5 Å². The lowest BCUT2D eigenvalue weighted by Crippen LogP contribution is -2.15. The van der Waals surface area contributed by atoms with Crippen molar-refractivity contribution in [2.75, 3.05) is 13.4 Å². The van der Waals surface area contributed by atoms with Crippen LogP contribution in [-0.2, 0) is 9.53 Å². The maximum atomic E-state index is 11.4. The minimum Gasteiger partial charge on any atom is -0.464 e. The number of benzene rings is 1. The summed E-state index contributed by atoms with van der Waals surface area (Å²) in [5.74, 6) is 0.390. The monoisotopic (exact) mass is 302 g/mol. The number of rotatable bonds is 3. The molecule has 0 aliphatic carbocycles. The highest BCUT2D eigenvalue weighted by Crippen LogP contribution is 2.41. The van der Waals surface area contributed by atoms with E-state index in [1.807, 2.05) is 0 Å². The summed E-state index contributed by atoms with van der Waals surface area (Å²) in [5, 5.41) is 9.78. The number of hydrogen-bond donors (Lipinski definition) is 1. The van der Waals surface area contributed by atoms with E-state index in [4.69, 9.17) is 14.2 Å². The first-order valence-electron chi connectivity index (χ1n) is 5.07. The summed E-state index contributed by atoms with van der Waals surface area (Å²) in [6.45, 7) is 2.04. The van der Waals surface area contributed by atoms with E-state index in [1.165, 1.54) is 0 Å². The number of ether oxygens (including phenoxy) is 3. The molecule has 5 nitrogen and oxygen atoms in total. The molecule has 92 valence electrons. The van der Waals surface area contributed by atoms with Gasteiger partial charge in [-0.05, 0) is 40.5 Å². The Kier molecular flexibility index (Phi) is 3.54. The molecule has 1 aliphatic rings. The Labute approximate surface area is 106 Å². The van der Waals surface area contributed by atoms with Crippen molar-refractivity contribution in [1.29, 1.82) is 0 Å². The zero-order chi connectivity index (χ0) is 12.4. The van der Waals surface area contributed by atoms with Crippen LogP contribution in [0.4, 0.5) is 0 Å². The highest BCUT2D eigenvalue weighted by atomic mass is 79.9. The van der Waals surface area contributed by atoms with Crippen molar-refractivity contribution >= 4 is 21.9 Å². The highest BCUT2D eigenvalue weighted by molar-refractivity contribution is 9.10. The summed E-state index contributed by atoms with van der Waals surface area (Å²) in [6, 6.07) is 3.17. The maximum absolute atomic E-state index is 11.4. The van der Waals surface area contributed by atoms with Gasteiger partial charge in [0.1, 0.15) is 0 Å². The van der Waals surface area contributed by atoms with Crippen molar-refractivity contribution in [2.24, 2.45) is 0 Å². The minimum absolute atomic E-state index is 0.132. The zero-order valence-corrected chi connectivity index (χ0v) is 10.7. The molecule has 1 aromatic rings. The van der Waals surface area contributed by atoms with Gasteiger partial charge in [0.05, 0.1) is 11.1 Å². The Morgan fingerprint density at radius 3 is 3.06 bits per heavy atom. The number of carbonyl (C=O) groups excluding carboxylic acids is 1. The molecule has 0 saturated carbocycles. The molecule has 0 aromatic heterocycles. The molecule has 0 saturated heterocycles. The van der Waals surface area contributed by atoms with Crippen LogP contribution in [0.5, 0.6) is 11.5 Å². The standard InChI is InChI=1S/C11H11BrO5/c1-2-15-11(14)9(13)6-3-7(12)10-8(4-6)16-5-17-10/h3-4,9,13H,2,5H2,1H3. The summed E-state index contributed by atoms with van der Waals surface area (Å²) in [4.78, 5) is 11.4. The van der Waals surface area contributed by atoms with Gasteiger partial charge in [0.15, 0.2) is 17.6 Å². The molecular formula is C11H11BrO5. The first-order chi connectivity index (χ1) is 8.13. The van der Waals surface area contributed by atoms with Crippen molar-refractivity contribution in [1.82, 2.24) is 0 Å². The van der Waals surface area contributed by atoms with Gasteiger partial charge >= 0.3 is 5.97 Å². The lowest BCUT2D eigenvalue weighted by atomic mass is 10.1. The van der Waals surface area contributed by atoms with Crippen LogP contribution < -0.4 is 9.47 Å². The molecule has 1 aliphatic heterocycles. The first kappa shape index (κ1) is 12.2. The van der Waals surface area contributed by atoms with Crippen LogP contribution in [0, 0.1) is 0 Å². The Morgan fingerprint density at radius 2 is 2.35 bits per heavy atom. The fourth-order valence-electron chi connectivity index (χ4n) is 1.50. The van der Waals surface area contributed by atoms with E-state index < -0.39 is 12.1 Å². The second kappa shape index (κ2) is 4.93.